The van der Waals surface area contributed by atoms with Gasteiger partial charge in [0.2, 0.25) is 5.91 Å². The first-order chi connectivity index (χ1) is 7.49. The van der Waals surface area contributed by atoms with E-state index in [1.807, 2.05) is 13.8 Å². The van der Waals surface area contributed by atoms with Gasteiger partial charge in [0, 0.05) is 24.1 Å². The molecule has 0 atom stereocenters. The number of hydrogen-bond donors (Lipinski definition) is 1. The number of rotatable bonds is 3. The van der Waals surface area contributed by atoms with Crippen LogP contribution < -0.4 is 10.5 Å². The van der Waals surface area contributed by atoms with Crippen molar-refractivity contribution in [2.45, 2.75) is 26.7 Å². The highest BCUT2D eigenvalue weighted by Gasteiger charge is 2.16. The first-order valence-electron chi connectivity index (χ1n) is 5.13. The first kappa shape index (κ1) is 13.0. The molecule has 0 aliphatic carbocycles. The van der Waals surface area contributed by atoms with Crippen LogP contribution in [0.25, 0.3) is 0 Å². The summed E-state index contributed by atoms with van der Waals surface area (Å²) >= 11 is 3.33. The molecule has 1 N–H and O–H groups in total. The van der Waals surface area contributed by atoms with Gasteiger partial charge in [-0.15, -0.1) is 0 Å². The van der Waals surface area contributed by atoms with E-state index in [1.165, 1.54) is 4.90 Å². The Bertz CT molecular complexity index is 454. The van der Waals surface area contributed by atoms with E-state index < -0.39 is 0 Å². The number of pyridine rings is 1. The number of nitrogens with zero attached hydrogens (tertiary/aromatic N) is 1. The topological polar surface area (TPSA) is 53.2 Å². The van der Waals surface area contributed by atoms with Crippen LogP contribution in [0.1, 0.15) is 25.3 Å². The summed E-state index contributed by atoms with van der Waals surface area (Å²) in [5, 5.41) is 0. The van der Waals surface area contributed by atoms with E-state index in [9.17, 15) is 9.59 Å². The Balaban J connectivity index is 3.17. The lowest BCUT2D eigenvalue weighted by Gasteiger charge is -2.18. The second kappa shape index (κ2) is 5.30. The quantitative estimate of drug-likeness (QED) is 0.926. The predicted octanol–water partition coefficient (Wildman–Crippen LogP) is 2.21. The number of aromatic nitrogens is 1. The largest absolute Gasteiger partial charge is 0.326 e. The van der Waals surface area contributed by atoms with Gasteiger partial charge in [0.25, 0.3) is 5.56 Å². The average Bonchev–Trinajstić information content (AvgIpc) is 2.24. The maximum absolute atomic E-state index is 11.7. The molecule has 0 saturated heterocycles. The van der Waals surface area contributed by atoms with Crippen molar-refractivity contribution in [1.29, 1.82) is 0 Å². The van der Waals surface area contributed by atoms with Gasteiger partial charge >= 0.3 is 0 Å². The molecule has 0 aliphatic rings. The lowest BCUT2D eigenvalue weighted by molar-refractivity contribution is -0.118. The van der Waals surface area contributed by atoms with Gasteiger partial charge in [-0.05, 0) is 34.8 Å². The number of carbonyl (C=O) groups is 1. The zero-order valence-electron chi connectivity index (χ0n) is 9.63. The maximum atomic E-state index is 11.7. The summed E-state index contributed by atoms with van der Waals surface area (Å²) < 4.78 is 0.790. The molecule has 0 spiro atoms. The van der Waals surface area contributed by atoms with Gasteiger partial charge in [0.05, 0.1) is 0 Å². The minimum atomic E-state index is -0.243. The number of carbonyl (C=O) groups excluding carboxylic acids is 1. The van der Waals surface area contributed by atoms with Crippen molar-refractivity contribution in [3.8, 4) is 0 Å². The predicted molar refractivity (Wildman–Crippen MR) is 67.8 cm³/mol. The minimum absolute atomic E-state index is 0.0470. The highest BCUT2D eigenvalue weighted by atomic mass is 79.9. The van der Waals surface area contributed by atoms with Crippen LogP contribution in [0.5, 0.6) is 0 Å². The number of hydrogen-bond acceptors (Lipinski definition) is 2. The van der Waals surface area contributed by atoms with E-state index in [0.29, 0.717) is 12.1 Å². The third-order valence-electron chi connectivity index (χ3n) is 2.43. The molecule has 0 aromatic carbocycles. The standard InChI is InChI=1S/C11H15BrN2O2/c1-4-5-9(15)14(3)10-7(2)8(12)6-13-11(10)16/h6H,4-5H2,1-3H3,(H,13,16). The van der Waals surface area contributed by atoms with Crippen molar-refractivity contribution in [2.75, 3.05) is 11.9 Å². The van der Waals surface area contributed by atoms with Crippen LogP contribution in [-0.4, -0.2) is 17.9 Å². The Morgan fingerprint density at radius 3 is 2.75 bits per heavy atom. The summed E-state index contributed by atoms with van der Waals surface area (Å²) in [4.78, 5) is 27.4. The summed E-state index contributed by atoms with van der Waals surface area (Å²) in [6.07, 6.45) is 2.80. The van der Waals surface area contributed by atoms with Gasteiger partial charge < -0.3 is 9.88 Å². The summed E-state index contributed by atoms with van der Waals surface area (Å²) in [6.45, 7) is 3.74. The van der Waals surface area contributed by atoms with Crippen LogP contribution in [0.3, 0.4) is 0 Å². The Kier molecular flexibility index (Phi) is 4.29. The van der Waals surface area contributed by atoms with Gasteiger partial charge in [-0.2, -0.15) is 0 Å². The molecule has 0 saturated carbocycles. The fourth-order valence-corrected chi connectivity index (χ4v) is 1.80. The average molecular weight is 287 g/mol. The van der Waals surface area contributed by atoms with Crippen molar-refractivity contribution >= 4 is 27.5 Å². The first-order valence-corrected chi connectivity index (χ1v) is 5.92. The molecule has 16 heavy (non-hydrogen) atoms. The van der Waals surface area contributed by atoms with Gasteiger partial charge in [-0.25, -0.2) is 0 Å². The molecule has 4 nitrogen and oxygen atoms in total. The highest BCUT2D eigenvalue weighted by molar-refractivity contribution is 9.10. The lowest BCUT2D eigenvalue weighted by atomic mass is 10.2. The smallest absolute Gasteiger partial charge is 0.272 e. The molecule has 1 aromatic rings. The molecule has 88 valence electrons. The Morgan fingerprint density at radius 1 is 1.56 bits per heavy atom. The number of halogens is 1. The third kappa shape index (κ3) is 2.52. The molecular formula is C11H15BrN2O2. The lowest BCUT2D eigenvalue weighted by Crippen LogP contribution is -2.32. The van der Waals surface area contributed by atoms with Gasteiger partial charge in [-0.1, -0.05) is 6.92 Å². The number of nitrogens with one attached hydrogen (secondary N) is 1. The molecule has 1 heterocycles. The van der Waals surface area contributed by atoms with Crippen LogP contribution in [0.2, 0.25) is 0 Å². The van der Waals surface area contributed by atoms with Crippen LogP contribution in [-0.2, 0) is 4.79 Å². The van der Waals surface area contributed by atoms with Crippen molar-refractivity contribution in [3.63, 3.8) is 0 Å². The van der Waals surface area contributed by atoms with E-state index in [0.717, 1.165) is 16.5 Å². The van der Waals surface area contributed by atoms with Gasteiger partial charge in [-0.3, -0.25) is 9.59 Å². The summed E-state index contributed by atoms with van der Waals surface area (Å²) in [5.41, 5.74) is 0.941. The summed E-state index contributed by atoms with van der Waals surface area (Å²) in [6, 6.07) is 0. The van der Waals surface area contributed by atoms with E-state index >= 15 is 0 Å². The van der Waals surface area contributed by atoms with Crippen molar-refractivity contribution in [3.05, 3.63) is 26.6 Å². The van der Waals surface area contributed by atoms with E-state index in [2.05, 4.69) is 20.9 Å². The van der Waals surface area contributed by atoms with Crippen LogP contribution >= 0.6 is 15.9 Å². The minimum Gasteiger partial charge on any atom is -0.326 e. The van der Waals surface area contributed by atoms with Crippen molar-refractivity contribution < 1.29 is 4.79 Å². The summed E-state index contributed by atoms with van der Waals surface area (Å²) in [5.74, 6) is -0.0470. The zero-order valence-corrected chi connectivity index (χ0v) is 11.2. The zero-order chi connectivity index (χ0) is 12.3. The molecule has 1 aromatic heterocycles. The maximum Gasteiger partial charge on any atom is 0.272 e. The molecular weight excluding hydrogens is 272 g/mol. The molecule has 0 unspecified atom stereocenters. The normalized spacial score (nSPS) is 10.2. The van der Waals surface area contributed by atoms with Crippen molar-refractivity contribution in [1.82, 2.24) is 4.98 Å². The summed E-state index contributed by atoms with van der Waals surface area (Å²) in [7, 11) is 1.63. The Labute approximate surface area is 103 Å². The Morgan fingerprint density at radius 2 is 2.19 bits per heavy atom. The van der Waals surface area contributed by atoms with E-state index in [1.54, 1.807) is 13.2 Å². The van der Waals surface area contributed by atoms with Crippen LogP contribution in [0, 0.1) is 6.92 Å². The second-order valence-electron chi connectivity index (χ2n) is 3.64. The molecule has 5 heteroatoms. The number of aromatic amines is 1. The van der Waals surface area contributed by atoms with Gasteiger partial charge in [0.15, 0.2) is 0 Å². The van der Waals surface area contributed by atoms with E-state index in [-0.39, 0.29) is 11.5 Å². The number of anilines is 1. The fraction of sp³-hybridized carbons (Fsp3) is 0.455. The van der Waals surface area contributed by atoms with Gasteiger partial charge in [0.1, 0.15) is 5.69 Å². The number of H-pyrrole nitrogens is 1. The molecule has 0 aliphatic heterocycles. The number of amides is 1. The molecule has 1 amide bonds. The molecule has 1 rings (SSSR count). The second-order valence-corrected chi connectivity index (χ2v) is 4.50. The molecule has 0 radical (unpaired) electrons. The van der Waals surface area contributed by atoms with Crippen LogP contribution in [0.15, 0.2) is 15.5 Å². The van der Waals surface area contributed by atoms with Crippen LogP contribution in [0.4, 0.5) is 5.69 Å². The van der Waals surface area contributed by atoms with E-state index in [4.69, 9.17) is 0 Å². The van der Waals surface area contributed by atoms with Crippen molar-refractivity contribution in [2.24, 2.45) is 0 Å². The molecule has 0 fully saturated rings. The SMILES string of the molecule is CCCC(=O)N(C)c1c(C)c(Br)c[nH]c1=O. The highest BCUT2D eigenvalue weighted by Crippen LogP contribution is 2.21. The third-order valence-corrected chi connectivity index (χ3v) is 3.26. The molecule has 0 bridgehead atoms. The Hall–Kier alpha value is -1.10. The fourth-order valence-electron chi connectivity index (χ4n) is 1.50. The monoisotopic (exact) mass is 286 g/mol.